The van der Waals surface area contributed by atoms with E-state index in [1.807, 2.05) is 0 Å². The average Bonchev–Trinajstić information content (AvgIpc) is 2.34. The SMILES string of the molecule is N=C(N)c1ccccc1Oc1cc(Cl)ccc1Cl. The zero-order valence-electron chi connectivity index (χ0n) is 9.28. The third kappa shape index (κ3) is 2.75. The number of hydrogen-bond donors (Lipinski definition) is 2. The van der Waals surface area contributed by atoms with Crippen LogP contribution in [0.25, 0.3) is 0 Å². The summed E-state index contributed by atoms with van der Waals surface area (Å²) < 4.78 is 5.65. The number of benzene rings is 2. The Balaban J connectivity index is 2.40. The fraction of sp³-hybridized carbons (Fsp3) is 0. The maximum absolute atomic E-state index is 7.48. The lowest BCUT2D eigenvalue weighted by atomic mass is 10.2. The molecule has 0 aliphatic heterocycles. The summed E-state index contributed by atoms with van der Waals surface area (Å²) in [6, 6.07) is 11.9. The maximum Gasteiger partial charge on any atom is 0.147 e. The molecule has 0 heterocycles. The zero-order valence-corrected chi connectivity index (χ0v) is 10.8. The minimum Gasteiger partial charge on any atom is -0.455 e. The van der Waals surface area contributed by atoms with E-state index < -0.39 is 0 Å². The van der Waals surface area contributed by atoms with E-state index in [1.54, 1.807) is 42.5 Å². The molecule has 0 bridgehead atoms. The van der Waals surface area contributed by atoms with Crippen molar-refractivity contribution in [2.75, 3.05) is 0 Å². The molecule has 5 heteroatoms. The Morgan fingerprint density at radius 3 is 2.50 bits per heavy atom. The quantitative estimate of drug-likeness (QED) is 0.658. The van der Waals surface area contributed by atoms with Gasteiger partial charge in [-0.2, -0.15) is 0 Å². The van der Waals surface area contributed by atoms with Crippen LogP contribution in [0.3, 0.4) is 0 Å². The summed E-state index contributed by atoms with van der Waals surface area (Å²) in [4.78, 5) is 0. The fourth-order valence-corrected chi connectivity index (χ4v) is 1.77. The molecule has 0 aliphatic carbocycles. The van der Waals surface area contributed by atoms with Gasteiger partial charge >= 0.3 is 0 Å². The number of rotatable bonds is 3. The van der Waals surface area contributed by atoms with Gasteiger partial charge < -0.3 is 10.5 Å². The zero-order chi connectivity index (χ0) is 13.1. The monoisotopic (exact) mass is 280 g/mol. The Morgan fingerprint density at radius 1 is 1.06 bits per heavy atom. The van der Waals surface area contributed by atoms with E-state index in [0.29, 0.717) is 27.1 Å². The number of amidine groups is 1. The van der Waals surface area contributed by atoms with Gasteiger partial charge in [-0.25, -0.2) is 0 Å². The lowest BCUT2D eigenvalue weighted by Gasteiger charge is -2.11. The van der Waals surface area contributed by atoms with Gasteiger partial charge in [-0.05, 0) is 24.3 Å². The summed E-state index contributed by atoms with van der Waals surface area (Å²) in [6.07, 6.45) is 0. The molecule has 0 saturated carbocycles. The second kappa shape index (κ2) is 5.29. The number of halogens is 2. The highest BCUT2D eigenvalue weighted by Gasteiger charge is 2.09. The van der Waals surface area contributed by atoms with Crippen LogP contribution >= 0.6 is 23.2 Å². The second-order valence-corrected chi connectivity index (χ2v) is 4.43. The molecule has 2 aromatic carbocycles. The molecule has 0 amide bonds. The lowest BCUT2D eigenvalue weighted by Crippen LogP contribution is -2.12. The second-order valence-electron chi connectivity index (χ2n) is 3.59. The van der Waals surface area contributed by atoms with Gasteiger partial charge in [0, 0.05) is 11.1 Å². The van der Waals surface area contributed by atoms with E-state index in [0.717, 1.165) is 0 Å². The molecule has 2 aromatic rings. The number of nitrogens with two attached hydrogens (primary N) is 1. The molecule has 0 saturated heterocycles. The molecular formula is C13H10Cl2N2O. The van der Waals surface area contributed by atoms with Crippen LogP contribution in [0.5, 0.6) is 11.5 Å². The topological polar surface area (TPSA) is 59.1 Å². The highest BCUT2D eigenvalue weighted by atomic mass is 35.5. The first-order valence-corrected chi connectivity index (χ1v) is 5.90. The first kappa shape index (κ1) is 12.7. The number of hydrogen-bond acceptors (Lipinski definition) is 2. The van der Waals surface area contributed by atoms with E-state index in [-0.39, 0.29) is 5.84 Å². The Kier molecular flexibility index (Phi) is 3.75. The molecule has 92 valence electrons. The summed E-state index contributed by atoms with van der Waals surface area (Å²) >= 11 is 11.9. The van der Waals surface area contributed by atoms with Crippen molar-refractivity contribution in [3.05, 3.63) is 58.1 Å². The normalized spacial score (nSPS) is 10.1. The van der Waals surface area contributed by atoms with Crippen LogP contribution in [-0.4, -0.2) is 5.84 Å². The number of nitrogens with one attached hydrogen (secondary N) is 1. The van der Waals surface area contributed by atoms with Gasteiger partial charge in [-0.15, -0.1) is 0 Å². The summed E-state index contributed by atoms with van der Waals surface area (Å²) in [5, 5.41) is 8.44. The van der Waals surface area contributed by atoms with Gasteiger partial charge in [0.25, 0.3) is 0 Å². The number of nitrogen functional groups attached to an aromatic ring is 1. The van der Waals surface area contributed by atoms with Crippen LogP contribution in [0, 0.1) is 5.41 Å². The predicted molar refractivity (Wildman–Crippen MR) is 74.0 cm³/mol. The summed E-state index contributed by atoms with van der Waals surface area (Å²) in [6.45, 7) is 0. The minimum absolute atomic E-state index is 0.0660. The first-order valence-electron chi connectivity index (χ1n) is 5.14. The molecule has 18 heavy (non-hydrogen) atoms. The van der Waals surface area contributed by atoms with Gasteiger partial charge in [-0.3, -0.25) is 5.41 Å². The first-order chi connectivity index (χ1) is 8.58. The van der Waals surface area contributed by atoms with Crippen molar-refractivity contribution in [3.8, 4) is 11.5 Å². The van der Waals surface area contributed by atoms with Crippen molar-refractivity contribution in [2.45, 2.75) is 0 Å². The molecule has 0 fully saturated rings. The molecule has 0 unspecified atom stereocenters. The molecule has 0 atom stereocenters. The molecule has 0 aromatic heterocycles. The molecule has 0 radical (unpaired) electrons. The Labute approximate surface area is 115 Å². The highest BCUT2D eigenvalue weighted by Crippen LogP contribution is 2.33. The van der Waals surface area contributed by atoms with E-state index >= 15 is 0 Å². The highest BCUT2D eigenvalue weighted by molar-refractivity contribution is 6.34. The minimum atomic E-state index is -0.0660. The number of para-hydroxylation sites is 1. The van der Waals surface area contributed by atoms with Crippen molar-refractivity contribution in [1.82, 2.24) is 0 Å². The van der Waals surface area contributed by atoms with Crippen LogP contribution in [0.1, 0.15) is 5.56 Å². The summed E-state index contributed by atoms with van der Waals surface area (Å²) in [7, 11) is 0. The number of ether oxygens (including phenoxy) is 1. The third-order valence-corrected chi connectivity index (χ3v) is 2.84. The molecule has 0 aliphatic rings. The lowest BCUT2D eigenvalue weighted by molar-refractivity contribution is 0.482. The third-order valence-electron chi connectivity index (χ3n) is 2.29. The summed E-state index contributed by atoms with van der Waals surface area (Å²) in [5.74, 6) is 0.829. The predicted octanol–water partition coefficient (Wildman–Crippen LogP) is 4.07. The van der Waals surface area contributed by atoms with Crippen LogP contribution in [-0.2, 0) is 0 Å². The molecule has 3 nitrogen and oxygen atoms in total. The van der Waals surface area contributed by atoms with E-state index in [9.17, 15) is 0 Å². The van der Waals surface area contributed by atoms with E-state index in [4.69, 9.17) is 39.1 Å². The van der Waals surface area contributed by atoms with Gasteiger partial charge in [-0.1, -0.05) is 35.3 Å². The smallest absolute Gasteiger partial charge is 0.147 e. The molecule has 3 N–H and O–H groups in total. The van der Waals surface area contributed by atoms with Crippen molar-refractivity contribution in [1.29, 1.82) is 5.41 Å². The average molecular weight is 281 g/mol. The van der Waals surface area contributed by atoms with Crippen LogP contribution in [0.15, 0.2) is 42.5 Å². The van der Waals surface area contributed by atoms with Crippen LogP contribution in [0.4, 0.5) is 0 Å². The Bertz CT molecular complexity index is 599. The van der Waals surface area contributed by atoms with E-state index in [2.05, 4.69) is 0 Å². The van der Waals surface area contributed by atoms with Gasteiger partial charge in [0.05, 0.1) is 10.6 Å². The van der Waals surface area contributed by atoms with Crippen LogP contribution < -0.4 is 10.5 Å². The van der Waals surface area contributed by atoms with Gasteiger partial charge in [0.1, 0.15) is 17.3 Å². The maximum atomic E-state index is 7.48. The van der Waals surface area contributed by atoms with Crippen molar-refractivity contribution in [3.63, 3.8) is 0 Å². The Hall–Kier alpha value is -1.71. The summed E-state index contributed by atoms with van der Waals surface area (Å²) in [5.41, 5.74) is 5.99. The van der Waals surface area contributed by atoms with Crippen molar-refractivity contribution in [2.24, 2.45) is 5.73 Å². The van der Waals surface area contributed by atoms with Gasteiger partial charge in [0.2, 0.25) is 0 Å². The standard InChI is InChI=1S/C13H10Cl2N2O/c14-8-5-6-10(15)12(7-8)18-11-4-2-1-3-9(11)13(16)17/h1-7H,(H3,16,17). The van der Waals surface area contributed by atoms with Crippen molar-refractivity contribution >= 4 is 29.0 Å². The molecule has 2 rings (SSSR count). The Morgan fingerprint density at radius 2 is 1.78 bits per heavy atom. The van der Waals surface area contributed by atoms with Crippen LogP contribution in [0.2, 0.25) is 10.0 Å². The van der Waals surface area contributed by atoms with E-state index in [1.165, 1.54) is 0 Å². The van der Waals surface area contributed by atoms with Crippen molar-refractivity contribution < 1.29 is 4.74 Å². The molecule has 0 spiro atoms. The fourth-order valence-electron chi connectivity index (χ4n) is 1.45. The largest absolute Gasteiger partial charge is 0.455 e. The molecular weight excluding hydrogens is 271 g/mol. The van der Waals surface area contributed by atoms with Gasteiger partial charge in [0.15, 0.2) is 0 Å².